The van der Waals surface area contributed by atoms with Gasteiger partial charge in [0, 0.05) is 30.2 Å². The number of thiophene rings is 1. The van der Waals surface area contributed by atoms with Crippen LogP contribution in [0.25, 0.3) is 10.2 Å². The van der Waals surface area contributed by atoms with E-state index in [0.717, 1.165) is 40.2 Å². The summed E-state index contributed by atoms with van der Waals surface area (Å²) in [4.78, 5) is 12.8. The standard InChI is InChI=1S/C19H17BrF2N2O2S/c20-14-10-27-17-7-16(19(25)23-8-13-2-1-5-26-13)24(18(14)17)9-11-3-4-12(21)6-15(11)22/h3-4,6-7,10,13H,1-2,5,8-9H2,(H,23,25)/t13-/m1/s1. The highest BCUT2D eigenvalue weighted by atomic mass is 79.9. The lowest BCUT2D eigenvalue weighted by atomic mass is 10.2. The van der Waals surface area contributed by atoms with Gasteiger partial charge in [0.2, 0.25) is 0 Å². The lowest BCUT2D eigenvalue weighted by Gasteiger charge is -2.14. The van der Waals surface area contributed by atoms with Crippen molar-refractivity contribution in [2.24, 2.45) is 0 Å². The van der Waals surface area contributed by atoms with Gasteiger partial charge in [0.15, 0.2) is 0 Å². The Bertz CT molecular complexity index is 995. The molecule has 1 fully saturated rings. The molecule has 142 valence electrons. The van der Waals surface area contributed by atoms with Gasteiger partial charge < -0.3 is 14.6 Å². The lowest BCUT2D eigenvalue weighted by molar-refractivity contribution is 0.0851. The first kappa shape index (κ1) is 18.6. The van der Waals surface area contributed by atoms with Crippen LogP contribution < -0.4 is 5.32 Å². The highest BCUT2D eigenvalue weighted by Gasteiger charge is 2.22. The zero-order chi connectivity index (χ0) is 19.0. The Balaban J connectivity index is 1.65. The molecule has 27 heavy (non-hydrogen) atoms. The van der Waals surface area contributed by atoms with Crippen LogP contribution in [0.5, 0.6) is 0 Å². The van der Waals surface area contributed by atoms with E-state index in [1.54, 1.807) is 10.6 Å². The molecule has 0 saturated carbocycles. The molecule has 1 amide bonds. The SMILES string of the molecule is O=C(NC[C@H]1CCCO1)c1cc2scc(Br)c2n1Cc1ccc(F)cc1F. The molecule has 8 heteroatoms. The summed E-state index contributed by atoms with van der Waals surface area (Å²) in [6, 6.07) is 5.29. The zero-order valence-electron chi connectivity index (χ0n) is 14.3. The van der Waals surface area contributed by atoms with Crippen molar-refractivity contribution in [1.29, 1.82) is 0 Å². The third kappa shape index (κ3) is 3.79. The van der Waals surface area contributed by atoms with E-state index in [1.165, 1.54) is 23.5 Å². The van der Waals surface area contributed by atoms with E-state index < -0.39 is 11.6 Å². The minimum Gasteiger partial charge on any atom is -0.376 e. The number of benzene rings is 1. The van der Waals surface area contributed by atoms with Crippen LogP contribution in [0.15, 0.2) is 34.1 Å². The molecule has 0 aliphatic carbocycles. The van der Waals surface area contributed by atoms with Crippen molar-refractivity contribution in [2.45, 2.75) is 25.5 Å². The van der Waals surface area contributed by atoms with Gasteiger partial charge in [-0.3, -0.25) is 4.79 Å². The number of ether oxygens (including phenoxy) is 1. The summed E-state index contributed by atoms with van der Waals surface area (Å²) < 4.78 is 36.5. The monoisotopic (exact) mass is 454 g/mol. The Kier molecular flexibility index (Phi) is 5.29. The quantitative estimate of drug-likeness (QED) is 0.606. The average molecular weight is 455 g/mol. The molecule has 3 heterocycles. The lowest BCUT2D eigenvalue weighted by Crippen LogP contribution is -2.33. The Morgan fingerprint density at radius 1 is 1.37 bits per heavy atom. The van der Waals surface area contributed by atoms with Gasteiger partial charge in [-0.05, 0) is 40.9 Å². The van der Waals surface area contributed by atoms with Crippen molar-refractivity contribution < 1.29 is 18.3 Å². The minimum atomic E-state index is -0.631. The van der Waals surface area contributed by atoms with Crippen LogP contribution in [-0.4, -0.2) is 29.7 Å². The van der Waals surface area contributed by atoms with Gasteiger partial charge >= 0.3 is 0 Å². The van der Waals surface area contributed by atoms with Crippen molar-refractivity contribution in [3.63, 3.8) is 0 Å². The highest BCUT2D eigenvalue weighted by molar-refractivity contribution is 9.10. The normalized spacial score (nSPS) is 16.9. The summed E-state index contributed by atoms with van der Waals surface area (Å²) >= 11 is 5.00. The number of halogens is 3. The van der Waals surface area contributed by atoms with Gasteiger partial charge in [-0.2, -0.15) is 0 Å². The topological polar surface area (TPSA) is 43.3 Å². The van der Waals surface area contributed by atoms with Crippen LogP contribution in [0.1, 0.15) is 28.9 Å². The third-order valence-corrected chi connectivity index (χ3v) is 6.49. The van der Waals surface area contributed by atoms with Crippen LogP contribution in [0.3, 0.4) is 0 Å². The van der Waals surface area contributed by atoms with Crippen LogP contribution in [-0.2, 0) is 11.3 Å². The van der Waals surface area contributed by atoms with Crippen LogP contribution in [0.2, 0.25) is 0 Å². The molecule has 1 atom stereocenters. The van der Waals surface area contributed by atoms with E-state index in [0.29, 0.717) is 17.8 Å². The van der Waals surface area contributed by atoms with Crippen molar-refractivity contribution in [1.82, 2.24) is 9.88 Å². The number of fused-ring (bicyclic) bond motifs is 1. The van der Waals surface area contributed by atoms with Gasteiger partial charge in [-0.1, -0.05) is 6.07 Å². The first-order valence-corrected chi connectivity index (χ1v) is 10.3. The summed E-state index contributed by atoms with van der Waals surface area (Å²) in [6.45, 7) is 1.31. The van der Waals surface area contributed by atoms with Gasteiger partial charge in [-0.15, -0.1) is 11.3 Å². The van der Waals surface area contributed by atoms with Crippen LogP contribution in [0.4, 0.5) is 8.78 Å². The Hall–Kier alpha value is -1.77. The molecular weight excluding hydrogens is 438 g/mol. The fourth-order valence-corrected chi connectivity index (χ4v) is 5.00. The number of rotatable bonds is 5. The van der Waals surface area contributed by atoms with Gasteiger partial charge in [0.05, 0.1) is 27.3 Å². The molecule has 0 bridgehead atoms. The maximum atomic E-state index is 14.2. The second-order valence-corrected chi connectivity index (χ2v) is 8.26. The first-order valence-electron chi connectivity index (χ1n) is 8.63. The molecular formula is C19H17BrF2N2O2S. The third-order valence-electron chi connectivity index (χ3n) is 4.67. The van der Waals surface area contributed by atoms with Crippen LogP contribution >= 0.6 is 27.3 Å². The summed E-state index contributed by atoms with van der Waals surface area (Å²) in [7, 11) is 0. The Morgan fingerprint density at radius 3 is 2.96 bits per heavy atom. The van der Waals surface area contributed by atoms with E-state index in [1.807, 2.05) is 5.38 Å². The maximum absolute atomic E-state index is 14.2. The minimum absolute atomic E-state index is 0.0414. The van der Waals surface area contributed by atoms with Crippen molar-refractivity contribution >= 4 is 43.4 Å². The largest absolute Gasteiger partial charge is 0.376 e. The summed E-state index contributed by atoms with van der Waals surface area (Å²) in [5.41, 5.74) is 1.59. The number of amides is 1. The molecule has 1 saturated heterocycles. The predicted molar refractivity (Wildman–Crippen MR) is 104 cm³/mol. The molecule has 1 aliphatic rings. The summed E-state index contributed by atoms with van der Waals surface area (Å²) in [5.74, 6) is -1.49. The number of nitrogens with zero attached hydrogens (tertiary/aromatic N) is 1. The van der Waals surface area contributed by atoms with E-state index in [2.05, 4.69) is 21.2 Å². The average Bonchev–Trinajstić information content (AvgIpc) is 3.35. The van der Waals surface area contributed by atoms with E-state index in [-0.39, 0.29) is 18.6 Å². The number of aromatic nitrogens is 1. The molecule has 2 aromatic heterocycles. The molecule has 1 aliphatic heterocycles. The zero-order valence-corrected chi connectivity index (χ0v) is 16.7. The molecule has 0 radical (unpaired) electrons. The van der Waals surface area contributed by atoms with Crippen LogP contribution in [0, 0.1) is 11.6 Å². The Labute approximate surface area is 167 Å². The first-order chi connectivity index (χ1) is 13.0. The smallest absolute Gasteiger partial charge is 0.268 e. The number of nitrogens with one attached hydrogen (secondary N) is 1. The van der Waals surface area contributed by atoms with Gasteiger partial charge in [-0.25, -0.2) is 8.78 Å². The van der Waals surface area contributed by atoms with Crippen molar-refractivity contribution in [3.05, 3.63) is 57.0 Å². The molecule has 4 nitrogen and oxygen atoms in total. The van der Waals surface area contributed by atoms with E-state index in [4.69, 9.17) is 4.74 Å². The van der Waals surface area contributed by atoms with E-state index >= 15 is 0 Å². The number of carbonyl (C=O) groups excluding carboxylic acids is 1. The number of carbonyl (C=O) groups is 1. The number of hydrogen-bond donors (Lipinski definition) is 1. The fourth-order valence-electron chi connectivity index (χ4n) is 3.31. The van der Waals surface area contributed by atoms with Crippen molar-refractivity contribution in [3.8, 4) is 0 Å². The predicted octanol–water partition coefficient (Wildman–Crippen LogP) is 4.70. The molecule has 1 aromatic carbocycles. The molecule has 3 aromatic rings. The van der Waals surface area contributed by atoms with E-state index in [9.17, 15) is 13.6 Å². The highest BCUT2D eigenvalue weighted by Crippen LogP contribution is 2.34. The molecule has 1 N–H and O–H groups in total. The fraction of sp³-hybridized carbons (Fsp3) is 0.316. The maximum Gasteiger partial charge on any atom is 0.268 e. The Morgan fingerprint density at radius 2 is 2.22 bits per heavy atom. The molecule has 0 unspecified atom stereocenters. The second-order valence-electron chi connectivity index (χ2n) is 6.49. The molecule has 0 spiro atoms. The number of hydrogen-bond acceptors (Lipinski definition) is 3. The van der Waals surface area contributed by atoms with Gasteiger partial charge in [0.25, 0.3) is 5.91 Å². The van der Waals surface area contributed by atoms with Crippen molar-refractivity contribution in [2.75, 3.05) is 13.2 Å². The van der Waals surface area contributed by atoms with Gasteiger partial charge in [0.1, 0.15) is 17.3 Å². The summed E-state index contributed by atoms with van der Waals surface area (Å²) in [5, 5.41) is 4.84. The second kappa shape index (κ2) is 7.69. The summed E-state index contributed by atoms with van der Waals surface area (Å²) in [6.07, 6.45) is 1.98. The molecule has 4 rings (SSSR count).